The quantitative estimate of drug-likeness (QED) is 0.871. The Morgan fingerprint density at radius 2 is 1.77 bits per heavy atom. The minimum atomic E-state index is -3.90. The van der Waals surface area contributed by atoms with Crippen LogP contribution < -0.4 is 10.5 Å². The van der Waals surface area contributed by atoms with Crippen molar-refractivity contribution in [1.29, 1.82) is 0 Å². The highest BCUT2D eigenvalue weighted by atomic mass is 32.2. The van der Waals surface area contributed by atoms with Crippen LogP contribution >= 0.6 is 0 Å². The first-order chi connectivity index (χ1) is 10.4. The summed E-state index contributed by atoms with van der Waals surface area (Å²) in [6.45, 7) is 0. The third kappa shape index (κ3) is 3.15. The van der Waals surface area contributed by atoms with E-state index in [1.54, 1.807) is 30.3 Å². The third-order valence-electron chi connectivity index (χ3n) is 3.26. The molecule has 116 valence electrons. The maximum absolute atomic E-state index is 14.1. The lowest BCUT2D eigenvalue weighted by Gasteiger charge is -2.15. The average Bonchev–Trinajstić information content (AvgIpc) is 2.48. The molecule has 22 heavy (non-hydrogen) atoms. The van der Waals surface area contributed by atoms with Crippen molar-refractivity contribution in [2.75, 3.05) is 7.05 Å². The molecule has 1 atom stereocenters. The van der Waals surface area contributed by atoms with Crippen molar-refractivity contribution in [3.63, 3.8) is 0 Å². The van der Waals surface area contributed by atoms with Gasteiger partial charge in [-0.1, -0.05) is 36.4 Å². The van der Waals surface area contributed by atoms with Gasteiger partial charge >= 0.3 is 0 Å². The van der Waals surface area contributed by atoms with Gasteiger partial charge < -0.3 is 5.73 Å². The molecule has 0 radical (unpaired) electrons. The molecule has 0 aliphatic rings. The SMILES string of the molecule is CNS(=O)(=O)c1ccc(C(C(N)=O)c2ccccc2)cc1F. The van der Waals surface area contributed by atoms with Gasteiger partial charge in [-0.25, -0.2) is 17.5 Å². The van der Waals surface area contributed by atoms with Crippen LogP contribution in [-0.2, 0) is 14.8 Å². The summed E-state index contributed by atoms with van der Waals surface area (Å²) in [4.78, 5) is 11.2. The first-order valence-electron chi connectivity index (χ1n) is 6.44. The number of hydrogen-bond acceptors (Lipinski definition) is 3. The van der Waals surface area contributed by atoms with E-state index in [4.69, 9.17) is 5.73 Å². The zero-order valence-corrected chi connectivity index (χ0v) is 12.6. The van der Waals surface area contributed by atoms with Crippen LogP contribution in [-0.4, -0.2) is 21.4 Å². The zero-order valence-electron chi connectivity index (χ0n) is 11.8. The minimum Gasteiger partial charge on any atom is -0.369 e. The van der Waals surface area contributed by atoms with Gasteiger partial charge in [0, 0.05) is 0 Å². The van der Waals surface area contributed by atoms with Gasteiger partial charge in [-0.05, 0) is 30.3 Å². The molecule has 0 aliphatic carbocycles. The molecule has 0 bridgehead atoms. The Morgan fingerprint density at radius 3 is 2.27 bits per heavy atom. The predicted molar refractivity (Wildman–Crippen MR) is 80.1 cm³/mol. The van der Waals surface area contributed by atoms with Gasteiger partial charge in [0.2, 0.25) is 15.9 Å². The first kappa shape index (κ1) is 16.1. The number of nitrogens with two attached hydrogens (primary N) is 1. The molecule has 0 aromatic heterocycles. The van der Waals surface area contributed by atoms with E-state index in [-0.39, 0.29) is 0 Å². The van der Waals surface area contributed by atoms with Crippen LogP contribution in [0.15, 0.2) is 53.4 Å². The lowest BCUT2D eigenvalue weighted by molar-refractivity contribution is -0.118. The molecular formula is C15H15FN2O3S. The van der Waals surface area contributed by atoms with E-state index in [0.717, 1.165) is 12.1 Å². The summed E-state index contributed by atoms with van der Waals surface area (Å²) in [5.41, 5.74) is 6.32. The Hall–Kier alpha value is -2.25. The van der Waals surface area contributed by atoms with Crippen molar-refractivity contribution >= 4 is 15.9 Å². The summed E-state index contributed by atoms with van der Waals surface area (Å²) >= 11 is 0. The lowest BCUT2D eigenvalue weighted by Crippen LogP contribution is -2.23. The zero-order chi connectivity index (χ0) is 16.3. The molecule has 7 heteroatoms. The summed E-state index contributed by atoms with van der Waals surface area (Å²) in [7, 11) is -2.70. The predicted octanol–water partition coefficient (Wildman–Crippen LogP) is 1.35. The summed E-state index contributed by atoms with van der Waals surface area (Å²) in [6.07, 6.45) is 0. The highest BCUT2D eigenvalue weighted by Crippen LogP contribution is 2.27. The summed E-state index contributed by atoms with van der Waals surface area (Å²) < 4.78 is 39.5. The maximum atomic E-state index is 14.1. The van der Waals surface area contributed by atoms with Gasteiger partial charge in [0.05, 0.1) is 5.92 Å². The smallest absolute Gasteiger partial charge is 0.243 e. The summed E-state index contributed by atoms with van der Waals surface area (Å²) in [5.74, 6) is -2.43. The minimum absolute atomic E-state index is 0.297. The fourth-order valence-corrected chi connectivity index (χ4v) is 2.97. The van der Waals surface area contributed by atoms with E-state index in [1.807, 2.05) is 4.72 Å². The second kappa shape index (κ2) is 6.25. The molecule has 0 saturated carbocycles. The van der Waals surface area contributed by atoms with Gasteiger partial charge in [0.15, 0.2) is 0 Å². The average molecular weight is 322 g/mol. The summed E-state index contributed by atoms with van der Waals surface area (Å²) in [5, 5.41) is 0. The van der Waals surface area contributed by atoms with Crippen LogP contribution in [0.25, 0.3) is 0 Å². The standard InChI is InChI=1S/C15H15FN2O3S/c1-18-22(20,21)13-8-7-11(9-12(13)16)14(15(17)19)10-5-3-2-4-6-10/h2-9,14,18H,1H3,(H2,17,19). The molecular weight excluding hydrogens is 307 g/mol. The van der Waals surface area contributed by atoms with Gasteiger partial charge in [-0.15, -0.1) is 0 Å². The lowest BCUT2D eigenvalue weighted by atomic mass is 9.91. The normalized spacial score (nSPS) is 12.8. The molecule has 2 rings (SSSR count). The van der Waals surface area contributed by atoms with Gasteiger partial charge in [0.1, 0.15) is 10.7 Å². The molecule has 3 N–H and O–H groups in total. The number of carbonyl (C=O) groups excluding carboxylic acids is 1. The number of amides is 1. The molecule has 5 nitrogen and oxygen atoms in total. The number of halogens is 1. The molecule has 0 aliphatic heterocycles. The van der Waals surface area contributed by atoms with E-state index in [2.05, 4.69) is 0 Å². The largest absolute Gasteiger partial charge is 0.369 e. The van der Waals surface area contributed by atoms with Gasteiger partial charge in [-0.2, -0.15) is 0 Å². The third-order valence-corrected chi connectivity index (χ3v) is 4.71. The van der Waals surface area contributed by atoms with Crippen molar-refractivity contribution < 1.29 is 17.6 Å². The van der Waals surface area contributed by atoms with Crippen molar-refractivity contribution in [3.05, 3.63) is 65.5 Å². The number of rotatable bonds is 5. The van der Waals surface area contributed by atoms with Gasteiger partial charge in [-0.3, -0.25) is 4.79 Å². The van der Waals surface area contributed by atoms with E-state index < -0.39 is 32.6 Å². The monoisotopic (exact) mass is 322 g/mol. The van der Waals surface area contributed by atoms with E-state index in [0.29, 0.717) is 11.1 Å². The molecule has 0 fully saturated rings. The number of carbonyl (C=O) groups is 1. The number of nitrogens with one attached hydrogen (secondary N) is 1. The van der Waals surface area contributed by atoms with Crippen LogP contribution in [0.1, 0.15) is 17.0 Å². The number of primary amides is 1. The molecule has 1 unspecified atom stereocenters. The molecule has 0 spiro atoms. The van der Waals surface area contributed by atoms with E-state index in [1.165, 1.54) is 13.1 Å². The molecule has 2 aromatic rings. The highest BCUT2D eigenvalue weighted by Gasteiger charge is 2.23. The van der Waals surface area contributed by atoms with Crippen molar-refractivity contribution in [1.82, 2.24) is 4.72 Å². The Labute approximate surface area is 128 Å². The number of sulfonamides is 1. The fourth-order valence-electron chi connectivity index (χ4n) is 2.19. The Balaban J connectivity index is 2.52. The number of hydrogen-bond donors (Lipinski definition) is 2. The van der Waals surface area contributed by atoms with Crippen LogP contribution in [0, 0.1) is 5.82 Å². The number of benzene rings is 2. The van der Waals surface area contributed by atoms with Gasteiger partial charge in [0.25, 0.3) is 0 Å². The Morgan fingerprint density at radius 1 is 1.14 bits per heavy atom. The molecule has 0 heterocycles. The van der Waals surface area contributed by atoms with Crippen LogP contribution in [0.3, 0.4) is 0 Å². The first-order valence-corrected chi connectivity index (χ1v) is 7.92. The Bertz CT molecular complexity index is 792. The second-order valence-electron chi connectivity index (χ2n) is 4.64. The van der Waals surface area contributed by atoms with E-state index >= 15 is 0 Å². The van der Waals surface area contributed by atoms with Crippen molar-refractivity contribution in [2.24, 2.45) is 5.73 Å². The fraction of sp³-hybridized carbons (Fsp3) is 0.133. The summed E-state index contributed by atoms with van der Waals surface area (Å²) in [6, 6.07) is 12.2. The Kier molecular flexibility index (Phi) is 4.58. The molecule has 2 aromatic carbocycles. The van der Waals surface area contributed by atoms with Crippen LogP contribution in [0.4, 0.5) is 4.39 Å². The van der Waals surface area contributed by atoms with Crippen LogP contribution in [0.2, 0.25) is 0 Å². The van der Waals surface area contributed by atoms with E-state index in [9.17, 15) is 17.6 Å². The topological polar surface area (TPSA) is 89.3 Å². The molecule has 1 amide bonds. The highest BCUT2D eigenvalue weighted by molar-refractivity contribution is 7.89. The second-order valence-corrected chi connectivity index (χ2v) is 6.50. The maximum Gasteiger partial charge on any atom is 0.243 e. The van der Waals surface area contributed by atoms with Crippen molar-refractivity contribution in [3.8, 4) is 0 Å². The van der Waals surface area contributed by atoms with Crippen LogP contribution in [0.5, 0.6) is 0 Å². The van der Waals surface area contributed by atoms with Crippen molar-refractivity contribution in [2.45, 2.75) is 10.8 Å². The molecule has 0 saturated heterocycles.